The highest BCUT2D eigenvalue weighted by Gasteiger charge is 2.21. The number of hydrogen-bond acceptors (Lipinski definition) is 3. The molecule has 1 aromatic carbocycles. The molecular weight excluding hydrogens is 302 g/mol. The lowest BCUT2D eigenvalue weighted by molar-refractivity contribution is -0.118. The minimum atomic E-state index is -0.0614. The van der Waals surface area contributed by atoms with Crippen molar-refractivity contribution in [1.82, 2.24) is 10.2 Å². The van der Waals surface area contributed by atoms with Crippen molar-refractivity contribution in [1.29, 1.82) is 0 Å². The molecule has 1 atom stereocenters. The van der Waals surface area contributed by atoms with Crippen LogP contribution in [0.2, 0.25) is 0 Å². The maximum absolute atomic E-state index is 12.4. The molecule has 2 N–H and O–H groups in total. The second-order valence-electron chi connectivity index (χ2n) is 5.83. The van der Waals surface area contributed by atoms with E-state index in [4.69, 9.17) is 0 Å². The van der Waals surface area contributed by atoms with Gasteiger partial charge in [0, 0.05) is 42.8 Å². The highest BCUT2D eigenvalue weighted by atomic mass is 35.5. The van der Waals surface area contributed by atoms with Gasteiger partial charge in [-0.05, 0) is 31.2 Å². The zero-order valence-corrected chi connectivity index (χ0v) is 14.1. The second-order valence-corrected chi connectivity index (χ2v) is 5.83. The van der Waals surface area contributed by atoms with Crippen LogP contribution in [0.1, 0.15) is 31.1 Å². The summed E-state index contributed by atoms with van der Waals surface area (Å²) in [6.45, 7) is 8.05. The van der Waals surface area contributed by atoms with Crippen LogP contribution in [0.3, 0.4) is 0 Å². The zero-order chi connectivity index (χ0) is 15.4. The minimum absolute atomic E-state index is 0. The van der Waals surface area contributed by atoms with Gasteiger partial charge in [0.25, 0.3) is 5.91 Å². The molecule has 1 saturated heterocycles. The van der Waals surface area contributed by atoms with E-state index in [1.807, 2.05) is 18.7 Å². The van der Waals surface area contributed by atoms with Crippen LogP contribution in [-0.4, -0.2) is 42.4 Å². The van der Waals surface area contributed by atoms with Crippen molar-refractivity contribution in [3.05, 3.63) is 29.8 Å². The Labute approximate surface area is 137 Å². The molecule has 1 heterocycles. The molecule has 1 fully saturated rings. The molecule has 2 amide bonds. The van der Waals surface area contributed by atoms with Gasteiger partial charge in [-0.1, -0.05) is 13.8 Å². The van der Waals surface area contributed by atoms with Crippen LogP contribution in [0, 0.1) is 5.92 Å². The van der Waals surface area contributed by atoms with Gasteiger partial charge in [-0.15, -0.1) is 12.4 Å². The summed E-state index contributed by atoms with van der Waals surface area (Å²) in [5.74, 6) is -0.0382. The molecule has 22 heavy (non-hydrogen) atoms. The number of hydrogen-bond donors (Lipinski definition) is 2. The summed E-state index contributed by atoms with van der Waals surface area (Å²) in [5.41, 5.74) is 1.38. The van der Waals surface area contributed by atoms with Gasteiger partial charge in [0.05, 0.1) is 0 Å². The molecular formula is C16H24ClN3O2. The molecule has 0 radical (unpaired) electrons. The Hall–Kier alpha value is -1.59. The van der Waals surface area contributed by atoms with Crippen molar-refractivity contribution in [3.8, 4) is 0 Å². The summed E-state index contributed by atoms with van der Waals surface area (Å²) >= 11 is 0. The van der Waals surface area contributed by atoms with Crippen molar-refractivity contribution < 1.29 is 9.59 Å². The standard InChI is InChI=1S/C16H23N3O2.ClH/c1-11(2)15(20)18-14-6-4-13(5-7-14)16(21)19-9-8-17-12(3)10-19;/h4-7,11-12,17H,8-10H2,1-3H3,(H,18,20);1H. The van der Waals surface area contributed by atoms with E-state index >= 15 is 0 Å². The Morgan fingerprint density at radius 2 is 1.91 bits per heavy atom. The molecule has 0 bridgehead atoms. The summed E-state index contributed by atoms with van der Waals surface area (Å²) in [6, 6.07) is 7.42. The normalized spacial score (nSPS) is 17.8. The van der Waals surface area contributed by atoms with Gasteiger partial charge in [-0.3, -0.25) is 9.59 Å². The average Bonchev–Trinajstić information content (AvgIpc) is 2.47. The van der Waals surface area contributed by atoms with E-state index in [1.54, 1.807) is 24.3 Å². The maximum Gasteiger partial charge on any atom is 0.253 e. The smallest absolute Gasteiger partial charge is 0.253 e. The lowest BCUT2D eigenvalue weighted by Gasteiger charge is -2.32. The first-order valence-corrected chi connectivity index (χ1v) is 7.41. The molecule has 0 spiro atoms. The summed E-state index contributed by atoms with van der Waals surface area (Å²) in [6.07, 6.45) is 0. The van der Waals surface area contributed by atoms with Crippen LogP contribution >= 0.6 is 12.4 Å². The third-order valence-corrected chi connectivity index (χ3v) is 3.58. The predicted molar refractivity (Wildman–Crippen MR) is 90.5 cm³/mol. The van der Waals surface area contributed by atoms with Gasteiger partial charge < -0.3 is 15.5 Å². The summed E-state index contributed by atoms with van der Waals surface area (Å²) in [7, 11) is 0. The van der Waals surface area contributed by atoms with Gasteiger partial charge >= 0.3 is 0 Å². The third-order valence-electron chi connectivity index (χ3n) is 3.58. The van der Waals surface area contributed by atoms with Gasteiger partial charge in [-0.2, -0.15) is 0 Å². The number of amides is 2. The number of nitrogens with zero attached hydrogens (tertiary/aromatic N) is 1. The maximum atomic E-state index is 12.4. The van der Waals surface area contributed by atoms with Gasteiger partial charge in [0.2, 0.25) is 5.91 Å². The van der Waals surface area contributed by atoms with E-state index in [0.29, 0.717) is 11.6 Å². The van der Waals surface area contributed by atoms with Crippen molar-refractivity contribution >= 4 is 29.9 Å². The molecule has 0 aromatic heterocycles. The molecule has 1 unspecified atom stereocenters. The molecule has 0 aliphatic carbocycles. The fraction of sp³-hybridized carbons (Fsp3) is 0.500. The summed E-state index contributed by atoms with van der Waals surface area (Å²) < 4.78 is 0. The van der Waals surface area contributed by atoms with Crippen molar-refractivity contribution in [2.45, 2.75) is 26.8 Å². The van der Waals surface area contributed by atoms with E-state index < -0.39 is 0 Å². The molecule has 2 rings (SSSR count). The summed E-state index contributed by atoms with van der Waals surface area (Å²) in [5, 5.41) is 6.14. The van der Waals surface area contributed by atoms with Crippen molar-refractivity contribution in [2.75, 3.05) is 25.0 Å². The average molecular weight is 326 g/mol. The van der Waals surface area contributed by atoms with E-state index in [9.17, 15) is 9.59 Å². The molecule has 1 aliphatic heterocycles. The third kappa shape index (κ3) is 4.71. The Bertz CT molecular complexity index is 517. The molecule has 5 nitrogen and oxygen atoms in total. The van der Waals surface area contributed by atoms with Crippen molar-refractivity contribution in [2.24, 2.45) is 5.92 Å². The van der Waals surface area contributed by atoms with Crippen LogP contribution in [0.5, 0.6) is 0 Å². The molecule has 0 saturated carbocycles. The van der Waals surface area contributed by atoms with E-state index in [2.05, 4.69) is 17.6 Å². The number of piperazine rings is 1. The van der Waals surface area contributed by atoms with E-state index in [-0.39, 0.29) is 30.1 Å². The first-order chi connectivity index (χ1) is 9.97. The monoisotopic (exact) mass is 325 g/mol. The SMILES string of the molecule is CC1CN(C(=O)c2ccc(NC(=O)C(C)C)cc2)CCN1.Cl. The number of carbonyl (C=O) groups is 2. The predicted octanol–water partition coefficient (Wildman–Crippen LogP) is 2.14. The lowest BCUT2D eigenvalue weighted by Crippen LogP contribution is -2.51. The second kappa shape index (κ2) is 8.15. The Morgan fingerprint density at radius 3 is 2.45 bits per heavy atom. The van der Waals surface area contributed by atoms with Gasteiger partial charge in [-0.25, -0.2) is 0 Å². The first kappa shape index (κ1) is 18.5. The van der Waals surface area contributed by atoms with Gasteiger partial charge in [0.1, 0.15) is 0 Å². The molecule has 1 aromatic rings. The quantitative estimate of drug-likeness (QED) is 0.895. The number of nitrogens with one attached hydrogen (secondary N) is 2. The summed E-state index contributed by atoms with van der Waals surface area (Å²) in [4.78, 5) is 25.9. The van der Waals surface area contributed by atoms with E-state index in [0.717, 1.165) is 25.3 Å². The Kier molecular flexibility index (Phi) is 6.84. The number of benzene rings is 1. The number of anilines is 1. The fourth-order valence-electron chi connectivity index (χ4n) is 2.28. The van der Waals surface area contributed by atoms with E-state index in [1.165, 1.54) is 0 Å². The topological polar surface area (TPSA) is 61.4 Å². The zero-order valence-electron chi connectivity index (χ0n) is 13.3. The number of carbonyl (C=O) groups excluding carboxylic acids is 2. The van der Waals surface area contributed by atoms with Gasteiger partial charge in [0.15, 0.2) is 0 Å². The minimum Gasteiger partial charge on any atom is -0.336 e. The largest absolute Gasteiger partial charge is 0.336 e. The van der Waals surface area contributed by atoms with Crippen LogP contribution in [0.4, 0.5) is 5.69 Å². The van der Waals surface area contributed by atoms with Crippen LogP contribution < -0.4 is 10.6 Å². The highest BCUT2D eigenvalue weighted by molar-refractivity contribution is 5.96. The first-order valence-electron chi connectivity index (χ1n) is 7.41. The fourth-order valence-corrected chi connectivity index (χ4v) is 2.28. The number of rotatable bonds is 3. The lowest BCUT2D eigenvalue weighted by atomic mass is 10.1. The molecule has 1 aliphatic rings. The highest BCUT2D eigenvalue weighted by Crippen LogP contribution is 2.13. The van der Waals surface area contributed by atoms with Crippen LogP contribution in [0.15, 0.2) is 24.3 Å². The Morgan fingerprint density at radius 1 is 1.27 bits per heavy atom. The molecule has 6 heteroatoms. The van der Waals surface area contributed by atoms with Crippen LogP contribution in [-0.2, 0) is 4.79 Å². The Balaban J connectivity index is 0.00000242. The number of halogens is 1. The molecule has 122 valence electrons. The van der Waals surface area contributed by atoms with Crippen LogP contribution in [0.25, 0.3) is 0 Å². The van der Waals surface area contributed by atoms with Crippen molar-refractivity contribution in [3.63, 3.8) is 0 Å².